The molecule has 2 aromatic carbocycles. The van der Waals surface area contributed by atoms with Gasteiger partial charge < -0.3 is 20.1 Å². The number of carboxylic acids is 1. The van der Waals surface area contributed by atoms with Gasteiger partial charge in [0.1, 0.15) is 11.9 Å². The van der Waals surface area contributed by atoms with Crippen LogP contribution in [0, 0.1) is 0 Å². The molecule has 0 aromatic heterocycles. The maximum Gasteiger partial charge on any atom is 0.335 e. The fraction of sp³-hybridized carbons (Fsp3) is 0.364. The molecule has 0 aliphatic carbocycles. The molecule has 30 heavy (non-hydrogen) atoms. The third-order valence-electron chi connectivity index (χ3n) is 5.77. The summed E-state index contributed by atoms with van der Waals surface area (Å²) in [7, 11) is 0. The van der Waals surface area contributed by atoms with E-state index < -0.39 is 5.97 Å². The van der Waals surface area contributed by atoms with Gasteiger partial charge in [-0.2, -0.15) is 0 Å². The number of nitrogens with zero attached hydrogens (tertiary/aromatic N) is 1. The second-order valence-electron chi connectivity index (χ2n) is 7.73. The van der Waals surface area contributed by atoms with Crippen LogP contribution in [-0.2, 0) is 6.54 Å². The molecule has 0 saturated carbocycles. The number of aromatic carboxylic acids is 1. The molecule has 2 fully saturated rings. The van der Waals surface area contributed by atoms with Crippen LogP contribution in [-0.4, -0.2) is 40.2 Å². The monoisotopic (exact) mass is 448 g/mol. The minimum Gasteiger partial charge on any atom is -0.490 e. The van der Waals surface area contributed by atoms with Crippen molar-refractivity contribution in [1.82, 2.24) is 10.2 Å². The zero-order chi connectivity index (χ0) is 21.3. The molecule has 1 unspecified atom stereocenters. The van der Waals surface area contributed by atoms with Gasteiger partial charge in [-0.1, -0.05) is 29.3 Å². The van der Waals surface area contributed by atoms with Crippen molar-refractivity contribution >= 4 is 35.2 Å². The molecule has 2 saturated heterocycles. The first-order valence-electron chi connectivity index (χ1n) is 9.91. The Labute approximate surface area is 184 Å². The normalized spacial score (nSPS) is 22.6. The fourth-order valence-electron chi connectivity index (χ4n) is 4.35. The molecule has 2 N–H and O–H groups in total. The molecule has 2 bridgehead atoms. The second kappa shape index (κ2) is 8.74. The van der Waals surface area contributed by atoms with E-state index in [1.54, 1.807) is 24.3 Å². The molecular formula is C22H22Cl2N2O4. The first-order valence-corrected chi connectivity index (χ1v) is 10.7. The third-order valence-corrected chi connectivity index (χ3v) is 6.36. The average Bonchev–Trinajstić information content (AvgIpc) is 2.98. The van der Waals surface area contributed by atoms with Crippen molar-refractivity contribution in [3.05, 3.63) is 63.6 Å². The number of hydrogen-bond acceptors (Lipinski definition) is 3. The van der Waals surface area contributed by atoms with Crippen LogP contribution < -0.4 is 10.1 Å². The number of benzene rings is 2. The number of rotatable bonds is 5. The number of fused-ring (bicyclic) bond motifs is 2. The molecule has 0 spiro atoms. The van der Waals surface area contributed by atoms with Crippen molar-refractivity contribution in [2.24, 2.45) is 0 Å². The Kier molecular flexibility index (Phi) is 6.06. The maximum atomic E-state index is 12.8. The fourth-order valence-corrected chi connectivity index (χ4v) is 4.83. The Morgan fingerprint density at radius 2 is 1.73 bits per heavy atom. The molecule has 2 amide bonds. The number of piperidine rings is 1. The number of amides is 2. The lowest BCUT2D eigenvalue weighted by molar-refractivity contribution is 0.0686. The van der Waals surface area contributed by atoms with Gasteiger partial charge in [0.05, 0.1) is 5.56 Å². The molecule has 2 aliphatic rings. The molecular weight excluding hydrogens is 427 g/mol. The maximum absolute atomic E-state index is 12.8. The Balaban J connectivity index is 1.34. The summed E-state index contributed by atoms with van der Waals surface area (Å²) in [6, 6.07) is 11.9. The van der Waals surface area contributed by atoms with Crippen LogP contribution in [0.1, 0.15) is 41.6 Å². The van der Waals surface area contributed by atoms with Crippen molar-refractivity contribution in [3.63, 3.8) is 0 Å². The van der Waals surface area contributed by atoms with Gasteiger partial charge in [-0.3, -0.25) is 0 Å². The number of carbonyl (C=O) groups is 2. The average molecular weight is 449 g/mol. The summed E-state index contributed by atoms with van der Waals surface area (Å²) in [4.78, 5) is 25.7. The summed E-state index contributed by atoms with van der Waals surface area (Å²) in [5, 5.41) is 13.1. The van der Waals surface area contributed by atoms with E-state index in [1.807, 2.05) is 11.0 Å². The van der Waals surface area contributed by atoms with Gasteiger partial charge in [0.2, 0.25) is 0 Å². The van der Waals surface area contributed by atoms with E-state index in [9.17, 15) is 9.59 Å². The Morgan fingerprint density at radius 1 is 1.07 bits per heavy atom. The number of nitrogens with one attached hydrogen (secondary N) is 1. The zero-order valence-electron chi connectivity index (χ0n) is 16.2. The number of carbonyl (C=O) groups excluding carboxylic acids is 1. The number of ether oxygens (including phenoxy) is 1. The highest BCUT2D eigenvalue weighted by atomic mass is 35.5. The van der Waals surface area contributed by atoms with E-state index in [2.05, 4.69) is 5.32 Å². The molecule has 2 aromatic rings. The van der Waals surface area contributed by atoms with E-state index in [0.29, 0.717) is 22.3 Å². The summed E-state index contributed by atoms with van der Waals surface area (Å²) in [6.45, 7) is 0.348. The summed E-state index contributed by atoms with van der Waals surface area (Å²) in [5.74, 6) is -0.307. The molecule has 4 rings (SSSR count). The van der Waals surface area contributed by atoms with Gasteiger partial charge in [-0.25, -0.2) is 9.59 Å². The number of halogens is 2. The highest BCUT2D eigenvalue weighted by Crippen LogP contribution is 2.37. The highest BCUT2D eigenvalue weighted by Gasteiger charge is 2.44. The van der Waals surface area contributed by atoms with Gasteiger partial charge in [0.25, 0.3) is 0 Å². The SMILES string of the molecule is O=C(O)c1ccc(OC2C[C@H]3CC[C@@H](C2)N3C(=O)NCc2ccc(Cl)cc2Cl)cc1. The van der Waals surface area contributed by atoms with Gasteiger partial charge in [-0.15, -0.1) is 0 Å². The van der Waals surface area contributed by atoms with Crippen LogP contribution in [0.3, 0.4) is 0 Å². The third kappa shape index (κ3) is 4.50. The van der Waals surface area contributed by atoms with Crippen LogP contribution in [0.15, 0.2) is 42.5 Å². The predicted molar refractivity (Wildman–Crippen MR) is 114 cm³/mol. The smallest absolute Gasteiger partial charge is 0.335 e. The lowest BCUT2D eigenvalue weighted by Gasteiger charge is -2.38. The molecule has 2 heterocycles. The van der Waals surface area contributed by atoms with E-state index >= 15 is 0 Å². The molecule has 6 nitrogen and oxygen atoms in total. The Hall–Kier alpha value is -2.44. The first-order chi connectivity index (χ1) is 14.4. The summed E-state index contributed by atoms with van der Waals surface area (Å²) < 4.78 is 6.07. The number of urea groups is 1. The highest BCUT2D eigenvalue weighted by molar-refractivity contribution is 6.35. The molecule has 8 heteroatoms. The summed E-state index contributed by atoms with van der Waals surface area (Å²) in [5.41, 5.74) is 1.06. The minimum absolute atomic E-state index is 0.00735. The van der Waals surface area contributed by atoms with E-state index in [1.165, 1.54) is 12.1 Å². The van der Waals surface area contributed by atoms with E-state index in [4.69, 9.17) is 33.0 Å². The van der Waals surface area contributed by atoms with Gasteiger partial charge in [0.15, 0.2) is 0 Å². The number of carboxylic acid groups (broad SMARTS) is 1. The molecule has 3 atom stereocenters. The first kappa shape index (κ1) is 20.8. The minimum atomic E-state index is -0.959. The largest absolute Gasteiger partial charge is 0.490 e. The van der Waals surface area contributed by atoms with Crippen LogP contribution in [0.5, 0.6) is 5.75 Å². The van der Waals surface area contributed by atoms with Crippen molar-refractivity contribution in [2.75, 3.05) is 0 Å². The van der Waals surface area contributed by atoms with E-state index in [-0.39, 0.29) is 29.8 Å². The van der Waals surface area contributed by atoms with Crippen LogP contribution in [0.25, 0.3) is 0 Å². The summed E-state index contributed by atoms with van der Waals surface area (Å²) in [6.07, 6.45) is 3.43. The van der Waals surface area contributed by atoms with Crippen molar-refractivity contribution < 1.29 is 19.4 Å². The van der Waals surface area contributed by atoms with Crippen molar-refractivity contribution in [1.29, 1.82) is 0 Å². The predicted octanol–water partition coefficient (Wildman–Crippen LogP) is 4.98. The van der Waals surface area contributed by atoms with Crippen LogP contribution >= 0.6 is 23.2 Å². The van der Waals surface area contributed by atoms with Crippen LogP contribution in [0.4, 0.5) is 4.79 Å². The Bertz CT molecular complexity index is 937. The van der Waals surface area contributed by atoms with Gasteiger partial charge in [-0.05, 0) is 54.8 Å². The molecule has 2 aliphatic heterocycles. The molecule has 158 valence electrons. The van der Waals surface area contributed by atoms with E-state index in [0.717, 1.165) is 31.2 Å². The topological polar surface area (TPSA) is 78.9 Å². The number of hydrogen-bond donors (Lipinski definition) is 2. The second-order valence-corrected chi connectivity index (χ2v) is 8.57. The standard InChI is InChI=1S/C22H22Cl2N2O4/c23-15-4-1-14(20(24)9-15)12-25-22(29)26-16-5-6-17(26)11-19(10-16)30-18-7-2-13(3-8-18)21(27)28/h1-4,7-9,16-17,19H,5-6,10-12H2,(H,25,29)(H,27,28)/t16-,17+,19?. The lowest BCUT2D eigenvalue weighted by Crippen LogP contribution is -2.52. The lowest BCUT2D eigenvalue weighted by atomic mass is 10.00. The van der Waals surface area contributed by atoms with Gasteiger partial charge in [0, 0.05) is 41.5 Å². The quantitative estimate of drug-likeness (QED) is 0.675. The Morgan fingerprint density at radius 3 is 2.33 bits per heavy atom. The summed E-state index contributed by atoms with van der Waals surface area (Å²) >= 11 is 12.1. The zero-order valence-corrected chi connectivity index (χ0v) is 17.7. The van der Waals surface area contributed by atoms with Crippen LogP contribution in [0.2, 0.25) is 10.0 Å². The van der Waals surface area contributed by atoms with Crippen molar-refractivity contribution in [3.8, 4) is 5.75 Å². The van der Waals surface area contributed by atoms with Gasteiger partial charge >= 0.3 is 12.0 Å². The van der Waals surface area contributed by atoms with Crippen molar-refractivity contribution in [2.45, 2.75) is 50.4 Å². The molecule has 0 radical (unpaired) electrons.